The number of amides is 2. The summed E-state index contributed by atoms with van der Waals surface area (Å²) in [7, 11) is 0. The largest absolute Gasteiger partial charge is 0.351 e. The molecule has 4 nitrogen and oxygen atoms in total. The molecule has 0 saturated carbocycles. The molecule has 0 bridgehead atoms. The lowest BCUT2D eigenvalue weighted by molar-refractivity contribution is -0.128. The maximum absolute atomic E-state index is 12.5. The van der Waals surface area contributed by atoms with E-state index in [0.717, 1.165) is 22.6 Å². The first-order valence-electron chi connectivity index (χ1n) is 11.1. The summed E-state index contributed by atoms with van der Waals surface area (Å²) >= 11 is 3.45. The van der Waals surface area contributed by atoms with E-state index in [0.29, 0.717) is 24.4 Å². The average molecular weight is 477 g/mol. The molecule has 1 aliphatic heterocycles. The predicted molar refractivity (Wildman–Crippen MR) is 138 cm³/mol. The van der Waals surface area contributed by atoms with Gasteiger partial charge in [-0.3, -0.25) is 9.59 Å². The summed E-state index contributed by atoms with van der Waals surface area (Å²) in [6, 6.07) is 26.3. The molecule has 3 aromatic rings. The maximum atomic E-state index is 12.5. The summed E-state index contributed by atoms with van der Waals surface area (Å²) in [5, 5.41) is 2.98. The fourth-order valence-electron chi connectivity index (χ4n) is 3.69. The normalized spacial score (nSPS) is 15.6. The van der Waals surface area contributed by atoms with E-state index in [9.17, 15) is 9.59 Å². The van der Waals surface area contributed by atoms with Crippen LogP contribution in [-0.2, 0) is 17.1 Å². The topological polar surface area (TPSA) is 49.4 Å². The number of carbonyl (C=O) groups excluding carboxylic acids is 2. The molecule has 33 heavy (non-hydrogen) atoms. The molecule has 0 radical (unpaired) electrons. The quantitative estimate of drug-likeness (QED) is 0.418. The Balaban J connectivity index is 1.26. The highest BCUT2D eigenvalue weighted by atomic mass is 32.2. The van der Waals surface area contributed by atoms with Crippen molar-refractivity contribution < 1.29 is 9.59 Å². The van der Waals surface area contributed by atoms with E-state index in [-0.39, 0.29) is 17.2 Å². The molecule has 2 amide bonds. The van der Waals surface area contributed by atoms with Gasteiger partial charge in [0.2, 0.25) is 5.91 Å². The minimum atomic E-state index is -0.0613. The number of hydrogen-bond donors (Lipinski definition) is 1. The highest BCUT2D eigenvalue weighted by molar-refractivity contribution is 8.00. The summed E-state index contributed by atoms with van der Waals surface area (Å²) in [6.07, 6.45) is 0. The lowest BCUT2D eigenvalue weighted by atomic mass is 10.1. The second-order valence-corrected chi connectivity index (χ2v) is 10.3. The van der Waals surface area contributed by atoms with E-state index in [1.54, 1.807) is 11.8 Å². The van der Waals surface area contributed by atoms with Gasteiger partial charge in [-0.15, -0.1) is 11.8 Å². The Morgan fingerprint density at radius 2 is 1.73 bits per heavy atom. The number of nitrogens with one attached hydrogen (secondary N) is 1. The van der Waals surface area contributed by atoms with Crippen molar-refractivity contribution >= 4 is 35.3 Å². The van der Waals surface area contributed by atoms with Crippen LogP contribution >= 0.6 is 23.5 Å². The van der Waals surface area contributed by atoms with Gasteiger partial charge in [-0.05, 0) is 35.7 Å². The van der Waals surface area contributed by atoms with Gasteiger partial charge in [0, 0.05) is 30.2 Å². The molecule has 4 rings (SSSR count). The Kier molecular flexibility index (Phi) is 8.13. The first kappa shape index (κ1) is 23.5. The average Bonchev–Trinajstić information content (AvgIpc) is 3.20. The summed E-state index contributed by atoms with van der Waals surface area (Å²) in [6.45, 7) is 3.32. The van der Waals surface area contributed by atoms with E-state index in [1.807, 2.05) is 71.3 Å². The molecule has 0 aliphatic carbocycles. The first-order chi connectivity index (χ1) is 16.1. The Bertz CT molecular complexity index is 1070. The van der Waals surface area contributed by atoms with E-state index in [1.165, 1.54) is 11.1 Å². The van der Waals surface area contributed by atoms with E-state index >= 15 is 0 Å². The van der Waals surface area contributed by atoms with Gasteiger partial charge >= 0.3 is 0 Å². The lowest BCUT2D eigenvalue weighted by Gasteiger charge is -2.24. The fraction of sp³-hybridized carbons (Fsp3) is 0.259. The van der Waals surface area contributed by atoms with Crippen molar-refractivity contribution in [2.24, 2.45) is 0 Å². The number of thioether (sulfide) groups is 2. The molecule has 1 atom stereocenters. The summed E-state index contributed by atoms with van der Waals surface area (Å²) in [5.41, 5.74) is 5.38. The van der Waals surface area contributed by atoms with Crippen LogP contribution in [0.25, 0.3) is 0 Å². The van der Waals surface area contributed by atoms with Crippen LogP contribution in [0, 0.1) is 6.92 Å². The van der Waals surface area contributed by atoms with Crippen LogP contribution in [0.2, 0.25) is 0 Å². The molecule has 1 N–H and O–H groups in total. The zero-order chi connectivity index (χ0) is 23.0. The number of aryl methyl sites for hydroxylation is 1. The van der Waals surface area contributed by atoms with Gasteiger partial charge in [0.05, 0.1) is 5.75 Å². The highest BCUT2D eigenvalue weighted by Crippen LogP contribution is 2.39. The molecule has 0 unspecified atom stereocenters. The van der Waals surface area contributed by atoms with Crippen molar-refractivity contribution in [3.05, 3.63) is 107 Å². The Morgan fingerprint density at radius 3 is 2.45 bits per heavy atom. The van der Waals surface area contributed by atoms with Gasteiger partial charge in [-0.25, -0.2) is 0 Å². The molecule has 1 fully saturated rings. The molecule has 1 saturated heterocycles. The van der Waals surface area contributed by atoms with Gasteiger partial charge < -0.3 is 10.2 Å². The predicted octanol–water partition coefficient (Wildman–Crippen LogP) is 5.43. The van der Waals surface area contributed by atoms with Crippen LogP contribution in [0.15, 0.2) is 78.9 Å². The zero-order valence-corrected chi connectivity index (χ0v) is 20.3. The molecule has 3 aromatic carbocycles. The Hall–Kier alpha value is -2.70. The molecular weight excluding hydrogens is 448 g/mol. The fourth-order valence-corrected chi connectivity index (χ4v) is 5.70. The SMILES string of the molecule is Cc1ccc(CSCCNC(=O)c2ccc([C@H]3SCC(=O)N3Cc3ccccc3)cc2)cc1. The lowest BCUT2D eigenvalue weighted by Crippen LogP contribution is -2.28. The van der Waals surface area contributed by atoms with Crippen molar-refractivity contribution in [1.82, 2.24) is 10.2 Å². The monoisotopic (exact) mass is 476 g/mol. The second kappa shape index (κ2) is 11.4. The zero-order valence-electron chi connectivity index (χ0n) is 18.7. The van der Waals surface area contributed by atoms with Gasteiger partial charge in [0.25, 0.3) is 5.91 Å². The van der Waals surface area contributed by atoms with Gasteiger partial charge in [-0.2, -0.15) is 11.8 Å². The molecule has 0 spiro atoms. The van der Waals surface area contributed by atoms with Crippen molar-refractivity contribution in [1.29, 1.82) is 0 Å². The van der Waals surface area contributed by atoms with Gasteiger partial charge in [0.1, 0.15) is 5.37 Å². The van der Waals surface area contributed by atoms with Crippen LogP contribution in [0.1, 0.15) is 38.0 Å². The number of benzene rings is 3. The third-order valence-corrected chi connectivity index (χ3v) is 7.83. The minimum Gasteiger partial charge on any atom is -0.351 e. The van der Waals surface area contributed by atoms with E-state index in [2.05, 4.69) is 36.5 Å². The van der Waals surface area contributed by atoms with Crippen LogP contribution in [0.3, 0.4) is 0 Å². The Labute approximate surface area is 204 Å². The first-order valence-corrected chi connectivity index (χ1v) is 13.3. The third kappa shape index (κ3) is 6.42. The number of rotatable bonds is 9. The van der Waals surface area contributed by atoms with Crippen molar-refractivity contribution in [2.45, 2.75) is 24.6 Å². The molecule has 170 valence electrons. The standard InChI is InChI=1S/C27H28N2O2S2/c1-20-7-9-22(10-8-20)18-32-16-15-28-26(31)23-11-13-24(14-12-23)27-29(25(30)19-33-27)17-21-5-3-2-4-6-21/h2-14,27H,15-19H2,1H3,(H,28,31)/t27-/m1/s1. The van der Waals surface area contributed by atoms with Crippen molar-refractivity contribution in [2.75, 3.05) is 18.1 Å². The molecule has 1 aliphatic rings. The van der Waals surface area contributed by atoms with Crippen molar-refractivity contribution in [3.63, 3.8) is 0 Å². The molecular formula is C27H28N2O2S2. The van der Waals surface area contributed by atoms with Crippen LogP contribution < -0.4 is 5.32 Å². The molecule has 0 aromatic heterocycles. The van der Waals surface area contributed by atoms with Crippen molar-refractivity contribution in [3.8, 4) is 0 Å². The number of carbonyl (C=O) groups is 2. The third-order valence-electron chi connectivity index (χ3n) is 5.54. The molecule has 6 heteroatoms. The Morgan fingerprint density at radius 1 is 1.00 bits per heavy atom. The number of hydrogen-bond acceptors (Lipinski definition) is 4. The van der Waals surface area contributed by atoms with Crippen LogP contribution in [-0.4, -0.2) is 34.8 Å². The smallest absolute Gasteiger partial charge is 0.251 e. The molecule has 1 heterocycles. The summed E-state index contributed by atoms with van der Waals surface area (Å²) < 4.78 is 0. The van der Waals surface area contributed by atoms with Gasteiger partial charge in [0.15, 0.2) is 0 Å². The summed E-state index contributed by atoms with van der Waals surface area (Å²) in [4.78, 5) is 26.9. The van der Waals surface area contributed by atoms with Crippen LogP contribution in [0.5, 0.6) is 0 Å². The minimum absolute atomic E-state index is 0.0204. The second-order valence-electron chi connectivity index (χ2n) is 8.09. The van der Waals surface area contributed by atoms with E-state index < -0.39 is 0 Å². The van der Waals surface area contributed by atoms with Crippen LogP contribution in [0.4, 0.5) is 0 Å². The highest BCUT2D eigenvalue weighted by Gasteiger charge is 2.32. The summed E-state index contributed by atoms with van der Waals surface area (Å²) in [5.74, 6) is 2.39. The van der Waals surface area contributed by atoms with E-state index in [4.69, 9.17) is 0 Å². The maximum Gasteiger partial charge on any atom is 0.251 e. The van der Waals surface area contributed by atoms with Gasteiger partial charge in [-0.1, -0.05) is 72.3 Å². The number of nitrogens with zero attached hydrogens (tertiary/aromatic N) is 1.